The largest absolute Gasteiger partial charge is 0.543 e. The van der Waals surface area contributed by atoms with Crippen LogP contribution in [-0.2, 0) is 0 Å². The van der Waals surface area contributed by atoms with E-state index in [-0.39, 0.29) is 11.4 Å². The zero-order chi connectivity index (χ0) is 15.4. The van der Waals surface area contributed by atoms with Crippen LogP contribution in [0.2, 0.25) is 0 Å². The molecule has 0 aliphatic carbocycles. The molecule has 0 aliphatic heterocycles. The van der Waals surface area contributed by atoms with Crippen molar-refractivity contribution in [2.24, 2.45) is 0 Å². The summed E-state index contributed by atoms with van der Waals surface area (Å²) in [4.78, 5) is 39.8. The average molecular weight is 287 g/mol. The van der Waals surface area contributed by atoms with Gasteiger partial charge in [-0.1, -0.05) is 0 Å². The van der Waals surface area contributed by atoms with Gasteiger partial charge in [0.25, 0.3) is 11.6 Å². The number of nitrogens with zero attached hydrogens (tertiary/aromatic N) is 3. The number of carbonyl (C=O) groups excluding carboxylic acids is 2. The number of rotatable bonds is 4. The fourth-order valence-electron chi connectivity index (χ4n) is 1.51. The Morgan fingerprint density at radius 3 is 2.14 bits per heavy atom. The molecule has 1 amide bonds. The first-order valence-corrected chi connectivity index (χ1v) is 5.57. The van der Waals surface area contributed by atoms with Gasteiger partial charge in [0, 0.05) is 30.2 Å². The van der Waals surface area contributed by atoms with Gasteiger partial charge < -0.3 is 15.2 Å². The van der Waals surface area contributed by atoms with Crippen molar-refractivity contribution >= 4 is 23.3 Å². The Bertz CT molecular complexity index is 714. The molecule has 9 nitrogen and oxygen atoms in total. The standard InChI is InChI=1S/C12H8N4O5/c17-11(9-10(12(18)19)14-6-5-13-9)15-7-1-3-8(4-2-7)16(20)21/h1-6H,(H,15,17)(H,18,19)/p-1. The van der Waals surface area contributed by atoms with E-state index >= 15 is 0 Å². The minimum absolute atomic E-state index is 0.136. The number of hydrogen-bond acceptors (Lipinski definition) is 7. The van der Waals surface area contributed by atoms with Gasteiger partial charge in [0.15, 0.2) is 5.69 Å². The molecule has 0 fully saturated rings. The van der Waals surface area contributed by atoms with Crippen LogP contribution in [0.5, 0.6) is 0 Å². The van der Waals surface area contributed by atoms with Gasteiger partial charge in [-0.3, -0.25) is 19.9 Å². The summed E-state index contributed by atoms with van der Waals surface area (Å²) in [6.07, 6.45) is 2.28. The highest BCUT2D eigenvalue weighted by atomic mass is 16.6. The number of nitro groups is 1. The van der Waals surface area contributed by atoms with E-state index in [1.807, 2.05) is 0 Å². The summed E-state index contributed by atoms with van der Waals surface area (Å²) in [6.45, 7) is 0. The SMILES string of the molecule is O=C([O-])c1nccnc1C(=O)Nc1ccc([N+](=O)[O-])cc1. The number of carboxylic acid groups (broad SMARTS) is 1. The number of aromatic nitrogens is 2. The summed E-state index contributed by atoms with van der Waals surface area (Å²) >= 11 is 0. The first kappa shape index (κ1) is 14.1. The van der Waals surface area contributed by atoms with Crippen molar-refractivity contribution in [2.45, 2.75) is 0 Å². The first-order chi connectivity index (χ1) is 9.99. The van der Waals surface area contributed by atoms with Gasteiger partial charge in [-0.25, -0.2) is 4.98 Å². The number of carboxylic acids is 1. The smallest absolute Gasteiger partial charge is 0.276 e. The molecule has 9 heteroatoms. The van der Waals surface area contributed by atoms with Crippen LogP contribution in [0.1, 0.15) is 21.0 Å². The second kappa shape index (κ2) is 5.74. The molecule has 0 bridgehead atoms. The fourth-order valence-corrected chi connectivity index (χ4v) is 1.51. The predicted octanol–water partition coefficient (Wildman–Crippen LogP) is 0.000600. The molecule has 0 atom stereocenters. The minimum atomic E-state index is -1.63. The average Bonchev–Trinajstić information content (AvgIpc) is 2.47. The maximum atomic E-state index is 11.9. The van der Waals surface area contributed by atoms with Crippen LogP contribution >= 0.6 is 0 Å². The molecular weight excluding hydrogens is 280 g/mol. The summed E-state index contributed by atoms with van der Waals surface area (Å²) in [5.74, 6) is -2.44. The van der Waals surface area contributed by atoms with Crippen LogP contribution in [0.25, 0.3) is 0 Å². The van der Waals surface area contributed by atoms with Crippen LogP contribution in [0, 0.1) is 10.1 Å². The van der Waals surface area contributed by atoms with Crippen LogP contribution in [0.4, 0.5) is 11.4 Å². The van der Waals surface area contributed by atoms with Crippen LogP contribution < -0.4 is 10.4 Å². The van der Waals surface area contributed by atoms with Crippen molar-refractivity contribution < 1.29 is 19.6 Å². The maximum Gasteiger partial charge on any atom is 0.276 e. The van der Waals surface area contributed by atoms with Crippen molar-refractivity contribution in [2.75, 3.05) is 5.32 Å². The summed E-state index contributed by atoms with van der Waals surface area (Å²) < 4.78 is 0. The third-order valence-corrected chi connectivity index (χ3v) is 2.44. The van der Waals surface area contributed by atoms with Crippen LogP contribution in [0.15, 0.2) is 36.7 Å². The third kappa shape index (κ3) is 3.15. The Hall–Kier alpha value is -3.36. The zero-order valence-electron chi connectivity index (χ0n) is 10.3. The quantitative estimate of drug-likeness (QED) is 0.616. The molecule has 1 N–H and O–H groups in total. The van der Waals surface area contributed by atoms with Gasteiger partial charge in [-0.15, -0.1) is 0 Å². The molecule has 2 rings (SSSR count). The Kier molecular flexibility index (Phi) is 3.84. The van der Waals surface area contributed by atoms with Gasteiger partial charge in [0.2, 0.25) is 0 Å². The molecule has 1 aromatic carbocycles. The Balaban J connectivity index is 2.22. The highest BCUT2D eigenvalue weighted by Crippen LogP contribution is 2.16. The molecule has 1 heterocycles. The Morgan fingerprint density at radius 1 is 1.05 bits per heavy atom. The number of hydrogen-bond donors (Lipinski definition) is 1. The second-order valence-electron chi connectivity index (χ2n) is 3.80. The summed E-state index contributed by atoms with van der Waals surface area (Å²) in [7, 11) is 0. The normalized spacial score (nSPS) is 9.90. The van der Waals surface area contributed by atoms with E-state index in [0.29, 0.717) is 0 Å². The highest BCUT2D eigenvalue weighted by molar-refractivity contribution is 6.08. The number of aromatic carboxylic acids is 1. The molecule has 0 radical (unpaired) electrons. The van der Waals surface area contributed by atoms with E-state index in [4.69, 9.17) is 0 Å². The van der Waals surface area contributed by atoms with Crippen LogP contribution in [0.3, 0.4) is 0 Å². The summed E-state index contributed by atoms with van der Waals surface area (Å²) in [6, 6.07) is 5.02. The monoisotopic (exact) mass is 287 g/mol. The lowest BCUT2D eigenvalue weighted by Crippen LogP contribution is -2.28. The van der Waals surface area contributed by atoms with E-state index in [1.165, 1.54) is 24.3 Å². The molecule has 2 aromatic rings. The molecule has 0 spiro atoms. The molecule has 106 valence electrons. The summed E-state index contributed by atoms with van der Waals surface area (Å²) in [5, 5.41) is 23.7. The lowest BCUT2D eigenvalue weighted by molar-refractivity contribution is -0.384. The third-order valence-electron chi connectivity index (χ3n) is 2.44. The number of amides is 1. The number of anilines is 1. The first-order valence-electron chi connectivity index (χ1n) is 5.57. The molecule has 1 aromatic heterocycles. The van der Waals surface area contributed by atoms with Gasteiger partial charge >= 0.3 is 0 Å². The lowest BCUT2D eigenvalue weighted by Gasteiger charge is -2.08. The number of non-ortho nitro benzene ring substituents is 1. The van der Waals surface area contributed by atoms with Gasteiger partial charge in [-0.2, -0.15) is 0 Å². The topological polar surface area (TPSA) is 138 Å². The predicted molar refractivity (Wildman–Crippen MR) is 67.4 cm³/mol. The van der Waals surface area contributed by atoms with E-state index < -0.39 is 28.2 Å². The minimum Gasteiger partial charge on any atom is -0.543 e. The van der Waals surface area contributed by atoms with Gasteiger partial charge in [0.05, 0.1) is 10.9 Å². The van der Waals surface area contributed by atoms with Crippen molar-refractivity contribution in [3.8, 4) is 0 Å². The van der Waals surface area contributed by atoms with E-state index in [9.17, 15) is 24.8 Å². The number of nitrogens with one attached hydrogen (secondary N) is 1. The Labute approximate surface area is 117 Å². The van der Waals surface area contributed by atoms with E-state index in [0.717, 1.165) is 12.4 Å². The molecule has 0 saturated heterocycles. The zero-order valence-corrected chi connectivity index (χ0v) is 10.3. The van der Waals surface area contributed by atoms with Crippen LogP contribution in [-0.4, -0.2) is 26.8 Å². The maximum absolute atomic E-state index is 11.9. The second-order valence-corrected chi connectivity index (χ2v) is 3.80. The van der Waals surface area contributed by atoms with Crippen molar-refractivity contribution in [1.82, 2.24) is 9.97 Å². The molecule has 0 aliphatic rings. The molecular formula is C12H7N4O5-. The summed E-state index contributed by atoms with van der Waals surface area (Å²) in [5.41, 5.74) is -0.878. The fraction of sp³-hybridized carbons (Fsp3) is 0. The number of nitro benzene ring substituents is 1. The van der Waals surface area contributed by atoms with E-state index in [2.05, 4.69) is 15.3 Å². The highest BCUT2D eigenvalue weighted by Gasteiger charge is 2.15. The Morgan fingerprint density at radius 2 is 1.62 bits per heavy atom. The van der Waals surface area contributed by atoms with Gasteiger partial charge in [0.1, 0.15) is 5.69 Å². The lowest BCUT2D eigenvalue weighted by atomic mass is 10.2. The number of carbonyl (C=O) groups is 2. The van der Waals surface area contributed by atoms with Crippen molar-refractivity contribution in [3.05, 3.63) is 58.2 Å². The number of benzene rings is 1. The molecule has 0 unspecified atom stereocenters. The van der Waals surface area contributed by atoms with E-state index in [1.54, 1.807) is 0 Å². The van der Waals surface area contributed by atoms with Crippen molar-refractivity contribution in [3.63, 3.8) is 0 Å². The molecule has 21 heavy (non-hydrogen) atoms. The molecule has 0 saturated carbocycles. The van der Waals surface area contributed by atoms with Gasteiger partial charge in [-0.05, 0) is 12.1 Å². The van der Waals surface area contributed by atoms with Crippen molar-refractivity contribution in [1.29, 1.82) is 0 Å².